The van der Waals surface area contributed by atoms with Gasteiger partial charge in [-0.25, -0.2) is 4.99 Å². The SMILES string of the molecule is C=N/C(=C\C=C(/C)C(=O)N1CC[C@H](N(C)C(=O)C2CC2)C1)NC(C)(C)C. The molecule has 1 aliphatic carbocycles. The van der Waals surface area contributed by atoms with Crippen LogP contribution in [0.5, 0.6) is 0 Å². The predicted octanol–water partition coefficient (Wildman–Crippen LogP) is 2.33. The van der Waals surface area contributed by atoms with Crippen molar-refractivity contribution < 1.29 is 9.59 Å². The van der Waals surface area contributed by atoms with Gasteiger partial charge in [-0.15, -0.1) is 0 Å². The molecule has 1 saturated carbocycles. The fraction of sp³-hybridized carbons (Fsp3) is 0.650. The summed E-state index contributed by atoms with van der Waals surface area (Å²) in [5, 5.41) is 3.24. The minimum atomic E-state index is -0.125. The molecule has 6 heteroatoms. The second-order valence-electron chi connectivity index (χ2n) is 8.35. The van der Waals surface area contributed by atoms with Crippen LogP contribution in [0, 0.1) is 5.92 Å². The fourth-order valence-corrected chi connectivity index (χ4v) is 3.08. The van der Waals surface area contributed by atoms with E-state index in [1.165, 1.54) is 0 Å². The van der Waals surface area contributed by atoms with Crippen LogP contribution in [0.25, 0.3) is 0 Å². The third-order valence-electron chi connectivity index (χ3n) is 4.77. The molecule has 0 bridgehead atoms. The smallest absolute Gasteiger partial charge is 0.249 e. The first kappa shape index (κ1) is 20.2. The number of likely N-dealkylation sites (N-methyl/N-ethyl adjacent to an activating group) is 1. The number of allylic oxidation sites excluding steroid dienone is 2. The lowest BCUT2D eigenvalue weighted by molar-refractivity contribution is -0.134. The second-order valence-corrected chi connectivity index (χ2v) is 8.35. The summed E-state index contributed by atoms with van der Waals surface area (Å²) in [6.45, 7) is 12.8. The highest BCUT2D eigenvalue weighted by atomic mass is 16.2. The Morgan fingerprint density at radius 3 is 2.42 bits per heavy atom. The lowest BCUT2D eigenvalue weighted by Gasteiger charge is -2.25. The number of rotatable bonds is 6. The van der Waals surface area contributed by atoms with E-state index in [0.29, 0.717) is 24.5 Å². The Balaban J connectivity index is 1.95. The molecule has 0 aromatic rings. The number of carbonyl (C=O) groups excluding carboxylic acids is 2. The van der Waals surface area contributed by atoms with E-state index in [1.54, 1.807) is 12.2 Å². The number of carbonyl (C=O) groups is 2. The van der Waals surface area contributed by atoms with E-state index < -0.39 is 0 Å². The number of aliphatic imine (C=N–C) groups is 1. The van der Waals surface area contributed by atoms with Crippen LogP contribution in [0.2, 0.25) is 0 Å². The average molecular weight is 361 g/mol. The van der Waals surface area contributed by atoms with Gasteiger partial charge in [0.15, 0.2) is 0 Å². The molecule has 0 spiro atoms. The van der Waals surface area contributed by atoms with Crippen LogP contribution in [-0.4, -0.2) is 60.0 Å². The van der Waals surface area contributed by atoms with E-state index in [2.05, 4.69) is 17.0 Å². The maximum absolute atomic E-state index is 12.7. The number of hydrogen-bond acceptors (Lipinski definition) is 4. The van der Waals surface area contributed by atoms with Crippen molar-refractivity contribution in [3.05, 3.63) is 23.5 Å². The van der Waals surface area contributed by atoms with Crippen molar-refractivity contribution in [3.63, 3.8) is 0 Å². The first-order valence-corrected chi connectivity index (χ1v) is 9.32. The van der Waals surface area contributed by atoms with Crippen molar-refractivity contribution >= 4 is 18.5 Å². The van der Waals surface area contributed by atoms with Crippen LogP contribution in [0.15, 0.2) is 28.5 Å². The molecule has 0 aromatic heterocycles. The summed E-state index contributed by atoms with van der Waals surface area (Å²) in [5.41, 5.74) is 0.526. The maximum Gasteiger partial charge on any atom is 0.249 e. The van der Waals surface area contributed by atoms with Crippen molar-refractivity contribution in [3.8, 4) is 0 Å². The molecular weight excluding hydrogens is 328 g/mol. The third-order valence-corrected chi connectivity index (χ3v) is 4.77. The first-order valence-electron chi connectivity index (χ1n) is 9.32. The zero-order valence-corrected chi connectivity index (χ0v) is 16.7. The summed E-state index contributed by atoms with van der Waals surface area (Å²) >= 11 is 0. The van der Waals surface area contributed by atoms with Gasteiger partial charge in [-0.3, -0.25) is 9.59 Å². The van der Waals surface area contributed by atoms with Gasteiger partial charge in [0, 0.05) is 37.2 Å². The van der Waals surface area contributed by atoms with Gasteiger partial charge in [-0.05, 0) is 59.8 Å². The number of likely N-dealkylation sites (tertiary alicyclic amines) is 1. The maximum atomic E-state index is 12.7. The Hall–Kier alpha value is -2.11. The van der Waals surface area contributed by atoms with Crippen molar-refractivity contribution in [2.75, 3.05) is 20.1 Å². The highest BCUT2D eigenvalue weighted by Crippen LogP contribution is 2.32. The van der Waals surface area contributed by atoms with Crippen molar-refractivity contribution in [2.24, 2.45) is 10.9 Å². The Kier molecular flexibility index (Phi) is 6.26. The van der Waals surface area contributed by atoms with E-state index in [4.69, 9.17) is 0 Å². The third kappa shape index (κ3) is 5.44. The van der Waals surface area contributed by atoms with Gasteiger partial charge in [-0.1, -0.05) is 6.08 Å². The molecule has 1 aliphatic heterocycles. The molecule has 26 heavy (non-hydrogen) atoms. The highest BCUT2D eigenvalue weighted by molar-refractivity contribution is 5.93. The van der Waals surface area contributed by atoms with Crippen molar-refractivity contribution in [1.82, 2.24) is 15.1 Å². The summed E-state index contributed by atoms with van der Waals surface area (Å²) in [6.07, 6.45) is 6.41. The van der Waals surface area contributed by atoms with Crippen LogP contribution in [-0.2, 0) is 9.59 Å². The van der Waals surface area contributed by atoms with E-state index >= 15 is 0 Å². The zero-order valence-electron chi connectivity index (χ0n) is 16.7. The highest BCUT2D eigenvalue weighted by Gasteiger charge is 2.37. The minimum Gasteiger partial charge on any atom is -0.366 e. The molecular formula is C20H32N4O2. The molecule has 0 radical (unpaired) electrons. The van der Waals surface area contributed by atoms with Crippen LogP contribution >= 0.6 is 0 Å². The Morgan fingerprint density at radius 2 is 1.88 bits per heavy atom. The normalized spacial score (nSPS) is 21.6. The molecule has 2 amide bonds. The molecule has 0 aromatic carbocycles. The molecule has 2 rings (SSSR count). The molecule has 2 fully saturated rings. The lowest BCUT2D eigenvalue weighted by atomic mass is 10.1. The molecule has 1 saturated heterocycles. The average Bonchev–Trinajstić information content (AvgIpc) is 3.32. The monoisotopic (exact) mass is 360 g/mol. The van der Waals surface area contributed by atoms with E-state index in [-0.39, 0.29) is 29.3 Å². The molecule has 1 N–H and O–H groups in total. The van der Waals surface area contributed by atoms with Gasteiger partial charge < -0.3 is 15.1 Å². The number of hydrogen-bond donors (Lipinski definition) is 1. The van der Waals surface area contributed by atoms with Crippen LogP contribution < -0.4 is 5.32 Å². The number of nitrogens with one attached hydrogen (secondary N) is 1. The zero-order chi connectivity index (χ0) is 19.5. The summed E-state index contributed by atoms with van der Waals surface area (Å²) in [4.78, 5) is 32.5. The van der Waals surface area contributed by atoms with Crippen molar-refractivity contribution in [2.45, 2.75) is 58.5 Å². The van der Waals surface area contributed by atoms with E-state index in [1.807, 2.05) is 44.5 Å². The summed E-state index contributed by atoms with van der Waals surface area (Å²) in [5.74, 6) is 1.10. The molecule has 6 nitrogen and oxygen atoms in total. The second kappa shape index (κ2) is 8.06. The van der Waals surface area contributed by atoms with Crippen LogP contribution in [0.3, 0.4) is 0 Å². The Labute approximate surface area is 157 Å². The quantitative estimate of drug-likeness (QED) is 0.449. The molecule has 1 heterocycles. The molecule has 1 atom stereocenters. The standard InChI is InChI=1S/C20H32N4O2/c1-14(7-10-17(21-5)22-20(2,3)4)18(25)24-12-11-16(13-24)23(6)19(26)15-8-9-15/h7,10,15-16,22H,5,8-9,11-13H2,1-4,6H3/b14-7+,17-10+/t16-/m0/s1. The fourth-order valence-electron chi connectivity index (χ4n) is 3.08. The lowest BCUT2D eigenvalue weighted by Crippen LogP contribution is -2.40. The van der Waals surface area contributed by atoms with E-state index in [9.17, 15) is 9.59 Å². The van der Waals surface area contributed by atoms with Gasteiger partial charge in [0.2, 0.25) is 11.8 Å². The van der Waals surface area contributed by atoms with Crippen LogP contribution in [0.4, 0.5) is 0 Å². The summed E-state index contributed by atoms with van der Waals surface area (Å²) < 4.78 is 0. The minimum absolute atomic E-state index is 0.00944. The number of nitrogens with zero attached hydrogens (tertiary/aromatic N) is 3. The summed E-state index contributed by atoms with van der Waals surface area (Å²) in [6, 6.07) is 0.128. The molecule has 144 valence electrons. The van der Waals surface area contributed by atoms with Gasteiger partial charge in [-0.2, -0.15) is 0 Å². The van der Waals surface area contributed by atoms with Gasteiger partial charge >= 0.3 is 0 Å². The summed E-state index contributed by atoms with van der Waals surface area (Å²) in [7, 11) is 1.87. The van der Waals surface area contributed by atoms with Crippen LogP contribution in [0.1, 0.15) is 47.0 Å². The van der Waals surface area contributed by atoms with E-state index in [0.717, 1.165) is 19.3 Å². The predicted molar refractivity (Wildman–Crippen MR) is 105 cm³/mol. The van der Waals surface area contributed by atoms with Gasteiger partial charge in [0.05, 0.1) is 6.04 Å². The largest absolute Gasteiger partial charge is 0.366 e. The van der Waals surface area contributed by atoms with Gasteiger partial charge in [0.1, 0.15) is 5.82 Å². The number of amides is 2. The topological polar surface area (TPSA) is 65.0 Å². The first-order chi connectivity index (χ1) is 12.1. The molecule has 2 aliphatic rings. The Morgan fingerprint density at radius 1 is 1.23 bits per heavy atom. The van der Waals surface area contributed by atoms with Crippen molar-refractivity contribution in [1.29, 1.82) is 0 Å². The molecule has 0 unspecified atom stereocenters. The van der Waals surface area contributed by atoms with Gasteiger partial charge in [0.25, 0.3) is 0 Å². The Bertz CT molecular complexity index is 626.